The van der Waals surface area contributed by atoms with E-state index >= 15 is 0 Å². The standard InChI is InChI=1S/C17H19FN2O5/c1-24-13-8-11(2-3-12(13)18)15-14(17(22)23)16(19-25-15)20-6-4-10(9-21)5-7-20/h2-3,8,10,21H,4-7,9H2,1H3,(H,22,23). The zero-order valence-electron chi connectivity index (χ0n) is 13.7. The van der Waals surface area contributed by atoms with E-state index in [1.54, 1.807) is 0 Å². The molecule has 0 radical (unpaired) electrons. The van der Waals surface area contributed by atoms with Crippen LogP contribution in [0.15, 0.2) is 22.7 Å². The molecule has 1 aromatic heterocycles. The predicted octanol–water partition coefficient (Wildman–Crippen LogP) is 2.40. The van der Waals surface area contributed by atoms with Crippen LogP contribution in [0.4, 0.5) is 10.2 Å². The lowest BCUT2D eigenvalue weighted by molar-refractivity contribution is 0.0697. The average Bonchev–Trinajstić information content (AvgIpc) is 3.07. The van der Waals surface area contributed by atoms with Gasteiger partial charge in [-0.3, -0.25) is 0 Å². The maximum absolute atomic E-state index is 13.6. The zero-order valence-corrected chi connectivity index (χ0v) is 13.7. The Balaban J connectivity index is 1.97. The van der Waals surface area contributed by atoms with E-state index in [0.717, 1.165) is 12.8 Å². The summed E-state index contributed by atoms with van der Waals surface area (Å²) in [6, 6.07) is 3.99. The summed E-state index contributed by atoms with van der Waals surface area (Å²) in [6.45, 7) is 1.30. The van der Waals surface area contributed by atoms with E-state index in [2.05, 4.69) is 5.16 Å². The number of piperidine rings is 1. The number of nitrogens with zero attached hydrogens (tertiary/aromatic N) is 2. The van der Waals surface area contributed by atoms with Crippen molar-refractivity contribution in [1.82, 2.24) is 5.16 Å². The van der Waals surface area contributed by atoms with Gasteiger partial charge in [0.05, 0.1) is 7.11 Å². The molecule has 1 saturated heterocycles. The van der Waals surface area contributed by atoms with Crippen LogP contribution in [0, 0.1) is 11.7 Å². The van der Waals surface area contributed by atoms with Gasteiger partial charge in [-0.1, -0.05) is 5.16 Å². The molecule has 25 heavy (non-hydrogen) atoms. The Bertz CT molecular complexity index is 768. The number of aliphatic hydroxyl groups is 1. The van der Waals surface area contributed by atoms with Gasteiger partial charge >= 0.3 is 5.97 Å². The number of halogens is 1. The van der Waals surface area contributed by atoms with Crippen molar-refractivity contribution in [3.05, 3.63) is 29.6 Å². The quantitative estimate of drug-likeness (QED) is 0.855. The van der Waals surface area contributed by atoms with Crippen molar-refractivity contribution < 1.29 is 28.7 Å². The Hall–Kier alpha value is -2.61. The Morgan fingerprint density at radius 3 is 2.76 bits per heavy atom. The van der Waals surface area contributed by atoms with E-state index in [1.165, 1.54) is 25.3 Å². The van der Waals surface area contributed by atoms with Crippen molar-refractivity contribution in [2.75, 3.05) is 31.7 Å². The third-order valence-corrected chi connectivity index (χ3v) is 4.47. The minimum absolute atomic E-state index is 0.00412. The topological polar surface area (TPSA) is 96.0 Å². The molecular weight excluding hydrogens is 331 g/mol. The lowest BCUT2D eigenvalue weighted by Crippen LogP contribution is -2.35. The van der Waals surface area contributed by atoms with Crippen molar-refractivity contribution in [2.24, 2.45) is 5.92 Å². The number of aromatic carboxylic acids is 1. The van der Waals surface area contributed by atoms with E-state index in [9.17, 15) is 19.4 Å². The largest absolute Gasteiger partial charge is 0.494 e. The first kappa shape index (κ1) is 17.2. The van der Waals surface area contributed by atoms with Crippen LogP contribution in [-0.4, -0.2) is 48.1 Å². The van der Waals surface area contributed by atoms with Gasteiger partial charge in [0.2, 0.25) is 0 Å². The highest BCUT2D eigenvalue weighted by molar-refractivity contribution is 5.99. The minimum atomic E-state index is -1.17. The number of anilines is 1. The van der Waals surface area contributed by atoms with Crippen LogP contribution in [0.2, 0.25) is 0 Å². The highest BCUT2D eigenvalue weighted by Crippen LogP contribution is 2.35. The summed E-state index contributed by atoms with van der Waals surface area (Å²) in [4.78, 5) is 13.6. The SMILES string of the molecule is COc1cc(-c2onc(N3CCC(CO)CC3)c2C(=O)O)ccc1F. The second kappa shape index (κ2) is 7.10. The van der Waals surface area contributed by atoms with Crippen LogP contribution in [-0.2, 0) is 0 Å². The minimum Gasteiger partial charge on any atom is -0.494 e. The molecule has 1 aliphatic heterocycles. The number of methoxy groups -OCH3 is 1. The van der Waals surface area contributed by atoms with E-state index in [0.29, 0.717) is 18.7 Å². The summed E-state index contributed by atoms with van der Waals surface area (Å²) < 4.78 is 23.8. The molecule has 2 heterocycles. The number of carboxylic acids is 1. The van der Waals surface area contributed by atoms with Crippen LogP contribution >= 0.6 is 0 Å². The molecule has 0 aliphatic carbocycles. The Morgan fingerprint density at radius 2 is 2.16 bits per heavy atom. The molecule has 0 spiro atoms. The molecule has 1 aromatic carbocycles. The second-order valence-electron chi connectivity index (χ2n) is 5.98. The molecular formula is C17H19FN2O5. The fraction of sp³-hybridized carbons (Fsp3) is 0.412. The van der Waals surface area contributed by atoms with E-state index in [1.807, 2.05) is 4.90 Å². The maximum atomic E-state index is 13.6. The molecule has 3 rings (SSSR count). The molecule has 0 amide bonds. The van der Waals surface area contributed by atoms with Crippen molar-refractivity contribution in [3.8, 4) is 17.1 Å². The highest BCUT2D eigenvalue weighted by atomic mass is 19.1. The normalized spacial score (nSPS) is 15.4. The first-order chi connectivity index (χ1) is 12.0. The van der Waals surface area contributed by atoms with Gasteiger partial charge in [0, 0.05) is 25.3 Å². The summed E-state index contributed by atoms with van der Waals surface area (Å²) in [5.74, 6) is -1.19. The van der Waals surface area contributed by atoms with Gasteiger partial charge in [0.1, 0.15) is 0 Å². The third kappa shape index (κ3) is 3.30. The Morgan fingerprint density at radius 1 is 1.44 bits per heavy atom. The first-order valence-electron chi connectivity index (χ1n) is 7.97. The Labute approximate surface area is 143 Å². The first-order valence-corrected chi connectivity index (χ1v) is 7.97. The number of benzene rings is 1. The van der Waals surface area contributed by atoms with E-state index in [-0.39, 0.29) is 35.4 Å². The van der Waals surface area contributed by atoms with Gasteiger partial charge in [-0.25, -0.2) is 9.18 Å². The van der Waals surface area contributed by atoms with Gasteiger partial charge in [-0.2, -0.15) is 0 Å². The van der Waals surface area contributed by atoms with Crippen LogP contribution in [0.1, 0.15) is 23.2 Å². The summed E-state index contributed by atoms with van der Waals surface area (Å²) in [5, 5.41) is 22.8. The molecule has 1 aliphatic rings. The smallest absolute Gasteiger partial charge is 0.343 e. The highest BCUT2D eigenvalue weighted by Gasteiger charge is 2.30. The Kier molecular flexibility index (Phi) is 4.89. The zero-order chi connectivity index (χ0) is 18.0. The van der Waals surface area contributed by atoms with Crippen molar-refractivity contribution in [3.63, 3.8) is 0 Å². The lowest BCUT2D eigenvalue weighted by Gasteiger charge is -2.31. The molecule has 0 atom stereocenters. The molecule has 2 aromatic rings. The number of carbonyl (C=O) groups is 1. The number of ether oxygens (including phenoxy) is 1. The maximum Gasteiger partial charge on any atom is 0.343 e. The van der Waals surface area contributed by atoms with Gasteiger partial charge in [-0.05, 0) is 37.0 Å². The van der Waals surface area contributed by atoms with Crippen LogP contribution in [0.5, 0.6) is 5.75 Å². The summed E-state index contributed by atoms with van der Waals surface area (Å²) in [6.07, 6.45) is 1.50. The van der Waals surface area contributed by atoms with Gasteiger partial charge in [0.25, 0.3) is 0 Å². The number of rotatable bonds is 5. The number of hydrogen-bond donors (Lipinski definition) is 2. The molecule has 1 fully saturated rings. The van der Waals surface area contributed by atoms with Gasteiger partial charge in [0.15, 0.2) is 28.7 Å². The lowest BCUT2D eigenvalue weighted by atomic mass is 9.97. The molecule has 7 nitrogen and oxygen atoms in total. The second-order valence-corrected chi connectivity index (χ2v) is 5.98. The molecule has 8 heteroatoms. The molecule has 0 bridgehead atoms. The molecule has 134 valence electrons. The number of aliphatic hydroxyl groups excluding tert-OH is 1. The number of carboxylic acid groups (broad SMARTS) is 1. The van der Waals surface area contributed by atoms with E-state index in [4.69, 9.17) is 9.26 Å². The van der Waals surface area contributed by atoms with Crippen LogP contribution in [0.25, 0.3) is 11.3 Å². The van der Waals surface area contributed by atoms with Gasteiger partial charge in [-0.15, -0.1) is 0 Å². The molecule has 2 N–H and O–H groups in total. The third-order valence-electron chi connectivity index (χ3n) is 4.47. The van der Waals surface area contributed by atoms with Crippen molar-refractivity contribution >= 4 is 11.8 Å². The summed E-state index contributed by atoms with van der Waals surface area (Å²) >= 11 is 0. The predicted molar refractivity (Wildman–Crippen MR) is 87.4 cm³/mol. The fourth-order valence-electron chi connectivity index (χ4n) is 3.02. The number of hydrogen-bond acceptors (Lipinski definition) is 6. The van der Waals surface area contributed by atoms with Gasteiger partial charge < -0.3 is 24.4 Å². The monoisotopic (exact) mass is 350 g/mol. The summed E-state index contributed by atoms with van der Waals surface area (Å²) in [7, 11) is 1.33. The van der Waals surface area contributed by atoms with Crippen LogP contribution in [0.3, 0.4) is 0 Å². The summed E-state index contributed by atoms with van der Waals surface area (Å²) in [5.41, 5.74) is 0.316. The number of aromatic nitrogens is 1. The van der Waals surface area contributed by atoms with Crippen molar-refractivity contribution in [2.45, 2.75) is 12.8 Å². The van der Waals surface area contributed by atoms with E-state index < -0.39 is 11.8 Å². The fourth-order valence-corrected chi connectivity index (χ4v) is 3.02. The van der Waals surface area contributed by atoms with Crippen LogP contribution < -0.4 is 9.64 Å². The van der Waals surface area contributed by atoms with Crippen molar-refractivity contribution in [1.29, 1.82) is 0 Å². The molecule has 0 unspecified atom stereocenters. The average molecular weight is 350 g/mol. The molecule has 0 saturated carbocycles.